The number of rotatable bonds is 7. The lowest BCUT2D eigenvalue weighted by Crippen LogP contribution is -2.14. The number of carboxylic acids is 1. The predicted octanol–water partition coefficient (Wildman–Crippen LogP) is 3.59. The Kier molecular flexibility index (Phi) is 3.95. The number of nitrogens with zero attached hydrogens (tertiary/aromatic N) is 3. The number of hydrogen-bond acceptors (Lipinski definition) is 3. The number of carboxylic acid groups (broad SMARTS) is 1. The van der Waals surface area contributed by atoms with Gasteiger partial charge in [0.25, 0.3) is 0 Å². The summed E-state index contributed by atoms with van der Waals surface area (Å²) in [6.45, 7) is 3.29. The summed E-state index contributed by atoms with van der Waals surface area (Å²) in [5.74, 6) is 0.416. The fraction of sp³-hybridized carbons (Fsp3) is 0.368. The van der Waals surface area contributed by atoms with Gasteiger partial charge in [-0.2, -0.15) is 0 Å². The number of ether oxygens (including phenoxy) is 1. The van der Waals surface area contributed by atoms with Crippen LogP contribution >= 0.6 is 0 Å². The second-order valence-corrected chi connectivity index (χ2v) is 6.75. The molecule has 1 atom stereocenters. The van der Waals surface area contributed by atoms with E-state index in [4.69, 9.17) is 4.74 Å². The molecule has 2 heterocycles. The second kappa shape index (κ2) is 6.27. The van der Waals surface area contributed by atoms with Crippen LogP contribution in [0.4, 0.5) is 0 Å². The first-order valence-electron chi connectivity index (χ1n) is 8.59. The molecular formula is C19H21N3O3. The zero-order valence-corrected chi connectivity index (χ0v) is 14.1. The van der Waals surface area contributed by atoms with Crippen molar-refractivity contribution in [3.63, 3.8) is 0 Å². The lowest BCUT2D eigenvalue weighted by Gasteiger charge is -2.16. The average Bonchev–Trinajstić information content (AvgIpc) is 3.10. The third-order valence-electron chi connectivity index (χ3n) is 4.75. The second-order valence-electron chi connectivity index (χ2n) is 6.75. The van der Waals surface area contributed by atoms with E-state index < -0.39 is 5.97 Å². The Morgan fingerprint density at radius 1 is 1.44 bits per heavy atom. The highest BCUT2D eigenvalue weighted by molar-refractivity contribution is 5.96. The van der Waals surface area contributed by atoms with Crippen molar-refractivity contribution in [1.29, 1.82) is 0 Å². The van der Waals surface area contributed by atoms with Gasteiger partial charge in [-0.05, 0) is 37.8 Å². The average molecular weight is 339 g/mol. The molecule has 25 heavy (non-hydrogen) atoms. The fourth-order valence-electron chi connectivity index (χ4n) is 3.16. The Bertz CT molecular complexity index is 894. The number of aromatic carboxylic acids is 1. The van der Waals surface area contributed by atoms with Gasteiger partial charge in [0.2, 0.25) is 0 Å². The third kappa shape index (κ3) is 3.12. The van der Waals surface area contributed by atoms with E-state index >= 15 is 0 Å². The topological polar surface area (TPSA) is 69.3 Å². The summed E-state index contributed by atoms with van der Waals surface area (Å²) in [6, 6.07) is 7.65. The molecule has 1 saturated carbocycles. The van der Waals surface area contributed by atoms with E-state index in [1.807, 2.05) is 33.5 Å². The van der Waals surface area contributed by atoms with Crippen LogP contribution in [0.5, 0.6) is 5.75 Å². The number of benzene rings is 1. The summed E-state index contributed by atoms with van der Waals surface area (Å²) in [7, 11) is 0. The zero-order valence-electron chi connectivity index (χ0n) is 14.1. The minimum absolute atomic E-state index is 0.142. The summed E-state index contributed by atoms with van der Waals surface area (Å²) in [5, 5.41) is 10.5. The molecule has 6 heteroatoms. The minimum atomic E-state index is -0.894. The molecule has 0 bridgehead atoms. The number of fused-ring (bicyclic) bond motifs is 1. The first-order valence-corrected chi connectivity index (χ1v) is 8.59. The van der Waals surface area contributed by atoms with Crippen LogP contribution in [-0.2, 0) is 6.54 Å². The molecular weight excluding hydrogens is 318 g/mol. The van der Waals surface area contributed by atoms with Crippen molar-refractivity contribution in [3.05, 3.63) is 48.7 Å². The quantitative estimate of drug-likeness (QED) is 0.714. The first kappa shape index (κ1) is 15.7. The molecule has 6 nitrogen and oxygen atoms in total. The molecule has 130 valence electrons. The molecule has 0 amide bonds. The molecule has 3 aromatic rings. The van der Waals surface area contributed by atoms with E-state index in [0.29, 0.717) is 18.2 Å². The van der Waals surface area contributed by atoms with E-state index in [1.165, 1.54) is 12.8 Å². The van der Waals surface area contributed by atoms with Crippen molar-refractivity contribution in [1.82, 2.24) is 14.1 Å². The Balaban J connectivity index is 1.67. The van der Waals surface area contributed by atoms with Crippen LogP contribution in [-0.4, -0.2) is 31.8 Å². The van der Waals surface area contributed by atoms with Crippen molar-refractivity contribution in [3.8, 4) is 5.75 Å². The van der Waals surface area contributed by atoms with Gasteiger partial charge in [0.15, 0.2) is 0 Å². The first-order chi connectivity index (χ1) is 12.1. The summed E-state index contributed by atoms with van der Waals surface area (Å²) in [4.78, 5) is 15.7. The molecule has 4 rings (SSSR count). The molecule has 1 aliphatic carbocycles. The van der Waals surface area contributed by atoms with Crippen molar-refractivity contribution in [2.75, 3.05) is 6.61 Å². The number of hydrogen-bond donors (Lipinski definition) is 1. The van der Waals surface area contributed by atoms with Crippen molar-refractivity contribution in [2.24, 2.45) is 5.92 Å². The summed E-state index contributed by atoms with van der Waals surface area (Å²) in [5.41, 5.74) is 1.21. The molecule has 0 unspecified atom stereocenters. The maximum Gasteiger partial charge on any atom is 0.352 e. The number of imidazole rings is 1. The minimum Gasteiger partial charge on any atom is -0.489 e. The molecule has 0 spiro atoms. The van der Waals surface area contributed by atoms with Gasteiger partial charge in [-0.1, -0.05) is 12.1 Å². The van der Waals surface area contributed by atoms with Crippen LogP contribution in [0.25, 0.3) is 10.9 Å². The van der Waals surface area contributed by atoms with Gasteiger partial charge in [0.05, 0.1) is 17.9 Å². The SMILES string of the molecule is C[C@@H](COc1cccc2cc(C(=O)O)n(CC3CC3)c12)n1ccnc1. The van der Waals surface area contributed by atoms with Gasteiger partial charge in [0.1, 0.15) is 18.1 Å². The van der Waals surface area contributed by atoms with E-state index in [1.54, 1.807) is 18.6 Å². The zero-order chi connectivity index (χ0) is 17.4. The lowest BCUT2D eigenvalue weighted by molar-refractivity contribution is 0.0685. The molecule has 2 aromatic heterocycles. The normalized spacial score (nSPS) is 15.4. The van der Waals surface area contributed by atoms with Gasteiger partial charge < -0.3 is 19.0 Å². The Hall–Kier alpha value is -2.76. The molecule has 1 aromatic carbocycles. The summed E-state index contributed by atoms with van der Waals surface area (Å²) < 4.78 is 9.98. The van der Waals surface area contributed by atoms with Crippen LogP contribution in [0.3, 0.4) is 0 Å². The summed E-state index contributed by atoms with van der Waals surface area (Å²) >= 11 is 0. The smallest absolute Gasteiger partial charge is 0.352 e. The maximum absolute atomic E-state index is 11.7. The largest absolute Gasteiger partial charge is 0.489 e. The molecule has 0 saturated heterocycles. The van der Waals surface area contributed by atoms with Crippen LogP contribution in [0.1, 0.15) is 36.3 Å². The van der Waals surface area contributed by atoms with Crippen molar-refractivity contribution < 1.29 is 14.6 Å². The van der Waals surface area contributed by atoms with Gasteiger partial charge in [-0.15, -0.1) is 0 Å². The fourth-order valence-corrected chi connectivity index (χ4v) is 3.16. The highest BCUT2D eigenvalue weighted by Gasteiger charge is 2.26. The number of carbonyl (C=O) groups is 1. The van der Waals surface area contributed by atoms with Crippen molar-refractivity contribution in [2.45, 2.75) is 32.4 Å². The van der Waals surface area contributed by atoms with E-state index in [-0.39, 0.29) is 6.04 Å². The van der Waals surface area contributed by atoms with Crippen LogP contribution in [0.15, 0.2) is 43.0 Å². The van der Waals surface area contributed by atoms with Gasteiger partial charge in [-0.25, -0.2) is 9.78 Å². The van der Waals surface area contributed by atoms with Gasteiger partial charge in [-0.3, -0.25) is 0 Å². The molecule has 1 N–H and O–H groups in total. The molecule has 0 radical (unpaired) electrons. The Morgan fingerprint density at radius 3 is 2.96 bits per heavy atom. The Morgan fingerprint density at radius 2 is 2.28 bits per heavy atom. The highest BCUT2D eigenvalue weighted by atomic mass is 16.5. The third-order valence-corrected chi connectivity index (χ3v) is 4.75. The van der Waals surface area contributed by atoms with Crippen molar-refractivity contribution >= 4 is 16.9 Å². The monoisotopic (exact) mass is 339 g/mol. The van der Waals surface area contributed by atoms with Crippen LogP contribution in [0, 0.1) is 5.92 Å². The lowest BCUT2D eigenvalue weighted by atomic mass is 10.2. The maximum atomic E-state index is 11.7. The van der Waals surface area contributed by atoms with E-state index in [9.17, 15) is 9.90 Å². The summed E-state index contributed by atoms with van der Waals surface area (Å²) in [6.07, 6.45) is 7.76. The molecule has 0 aliphatic heterocycles. The Labute approximate surface area is 145 Å². The van der Waals surface area contributed by atoms with E-state index in [2.05, 4.69) is 11.9 Å². The standard InChI is InChI=1S/C19H21N3O3/c1-13(21-8-7-20-12-21)11-25-17-4-2-3-15-9-16(19(23)24)22(18(15)17)10-14-5-6-14/h2-4,7-9,12-14H,5-6,10-11H2,1H3,(H,23,24)/t13-/m0/s1. The number of aromatic nitrogens is 3. The van der Waals surface area contributed by atoms with Gasteiger partial charge in [0, 0.05) is 24.3 Å². The predicted molar refractivity (Wildman–Crippen MR) is 94.1 cm³/mol. The van der Waals surface area contributed by atoms with Crippen LogP contribution in [0.2, 0.25) is 0 Å². The highest BCUT2D eigenvalue weighted by Crippen LogP contribution is 2.36. The molecule has 1 aliphatic rings. The van der Waals surface area contributed by atoms with E-state index in [0.717, 1.165) is 23.2 Å². The van der Waals surface area contributed by atoms with Gasteiger partial charge >= 0.3 is 5.97 Å². The number of para-hydroxylation sites is 1. The van der Waals surface area contributed by atoms with Crippen LogP contribution < -0.4 is 4.74 Å². The molecule has 1 fully saturated rings.